The van der Waals surface area contributed by atoms with E-state index in [1.54, 1.807) is 26.0 Å². The highest BCUT2D eigenvalue weighted by molar-refractivity contribution is 7.89. The van der Waals surface area contributed by atoms with Crippen LogP contribution in [0.4, 0.5) is 23.2 Å². The van der Waals surface area contributed by atoms with Gasteiger partial charge in [-0.25, -0.2) is 12.8 Å². The van der Waals surface area contributed by atoms with Gasteiger partial charge in [-0.05, 0) is 42.8 Å². The molecule has 0 radical (unpaired) electrons. The number of aliphatic hydroxyl groups excluding tert-OH is 1. The third kappa shape index (κ3) is 4.86. The minimum atomic E-state index is -4.73. The minimum Gasteiger partial charge on any atom is -0.396 e. The summed E-state index contributed by atoms with van der Waals surface area (Å²) in [6.07, 6.45) is -4.73. The van der Waals surface area contributed by atoms with E-state index in [2.05, 4.69) is 0 Å². The summed E-state index contributed by atoms with van der Waals surface area (Å²) in [4.78, 5) is 1.51. The summed E-state index contributed by atoms with van der Waals surface area (Å²) < 4.78 is 81.2. The topological polar surface area (TPSA) is 60.9 Å². The summed E-state index contributed by atoms with van der Waals surface area (Å²) in [7, 11) is -3.88. The quantitative estimate of drug-likeness (QED) is 0.689. The molecule has 2 atom stereocenters. The number of hydrogen-bond donors (Lipinski definition) is 1. The molecule has 5 nitrogen and oxygen atoms in total. The fourth-order valence-corrected chi connectivity index (χ4v) is 5.42. The average molecular weight is 460 g/mol. The SMILES string of the molecule is CC1CN(c2ccc(F)cc2C(F)(F)F)CCN1S(=O)(=O)c1cccc([C@@H](C)CO)c1. The normalized spacial score (nSPS) is 19.5. The van der Waals surface area contributed by atoms with Crippen molar-refractivity contribution in [2.75, 3.05) is 31.1 Å². The lowest BCUT2D eigenvalue weighted by Gasteiger charge is -2.40. The first-order valence-corrected chi connectivity index (χ1v) is 11.2. The summed E-state index contributed by atoms with van der Waals surface area (Å²) in [5.41, 5.74) is -0.575. The van der Waals surface area contributed by atoms with Gasteiger partial charge in [0, 0.05) is 43.9 Å². The van der Waals surface area contributed by atoms with Crippen LogP contribution in [0.2, 0.25) is 0 Å². The number of benzene rings is 2. The molecule has 0 saturated carbocycles. The van der Waals surface area contributed by atoms with E-state index in [9.17, 15) is 31.1 Å². The van der Waals surface area contributed by atoms with Gasteiger partial charge in [-0.3, -0.25) is 0 Å². The molecule has 0 aromatic heterocycles. The second-order valence-corrected chi connectivity index (χ2v) is 9.62. The van der Waals surface area contributed by atoms with Crippen LogP contribution in [-0.2, 0) is 16.2 Å². The minimum absolute atomic E-state index is 0.0159. The Morgan fingerprint density at radius 1 is 1.16 bits per heavy atom. The molecule has 1 unspecified atom stereocenters. The summed E-state index contributed by atoms with van der Waals surface area (Å²) in [5.74, 6) is -1.22. The largest absolute Gasteiger partial charge is 0.418 e. The van der Waals surface area contributed by atoms with Crippen molar-refractivity contribution in [1.82, 2.24) is 4.31 Å². The number of aliphatic hydroxyl groups is 1. The molecule has 1 heterocycles. The first-order valence-electron chi connectivity index (χ1n) is 9.79. The standard InChI is InChI=1S/C21H24F4N2O3S/c1-14(13-28)16-4-3-5-18(10-16)31(29,30)27-9-8-26(12-15(27)2)20-7-6-17(22)11-19(20)21(23,24)25/h3-7,10-11,14-15,28H,8-9,12-13H2,1-2H3/t14-,15?/m0/s1. The molecule has 2 aromatic rings. The molecule has 10 heteroatoms. The molecule has 1 N–H and O–H groups in total. The molecule has 170 valence electrons. The van der Waals surface area contributed by atoms with E-state index in [0.29, 0.717) is 11.6 Å². The van der Waals surface area contributed by atoms with Crippen molar-refractivity contribution in [3.05, 3.63) is 59.4 Å². The highest BCUT2D eigenvalue weighted by Crippen LogP contribution is 2.38. The van der Waals surface area contributed by atoms with Gasteiger partial charge in [-0.15, -0.1) is 0 Å². The van der Waals surface area contributed by atoms with Gasteiger partial charge in [0.15, 0.2) is 0 Å². The fourth-order valence-electron chi connectivity index (χ4n) is 3.75. The van der Waals surface area contributed by atoms with Crippen molar-refractivity contribution in [2.24, 2.45) is 0 Å². The first-order chi connectivity index (χ1) is 14.4. The fraction of sp³-hybridized carbons (Fsp3) is 0.429. The van der Waals surface area contributed by atoms with Gasteiger partial charge in [0.25, 0.3) is 0 Å². The Bertz CT molecular complexity index is 1040. The van der Waals surface area contributed by atoms with Crippen LogP contribution in [0.3, 0.4) is 0 Å². The Morgan fingerprint density at radius 3 is 2.48 bits per heavy atom. The van der Waals surface area contributed by atoms with Gasteiger partial charge in [0.2, 0.25) is 10.0 Å². The monoisotopic (exact) mass is 460 g/mol. The van der Waals surface area contributed by atoms with E-state index in [0.717, 1.165) is 12.1 Å². The molecule has 31 heavy (non-hydrogen) atoms. The third-order valence-electron chi connectivity index (χ3n) is 5.48. The molecule has 1 aliphatic rings. The van der Waals surface area contributed by atoms with Gasteiger partial charge in [0.1, 0.15) is 5.82 Å². The third-order valence-corrected chi connectivity index (χ3v) is 7.49. The van der Waals surface area contributed by atoms with Gasteiger partial charge < -0.3 is 10.0 Å². The summed E-state index contributed by atoms with van der Waals surface area (Å²) in [5, 5.41) is 9.34. The Kier molecular flexibility index (Phi) is 6.64. The van der Waals surface area contributed by atoms with Crippen LogP contribution in [0.15, 0.2) is 47.4 Å². The van der Waals surface area contributed by atoms with Crippen molar-refractivity contribution in [1.29, 1.82) is 0 Å². The molecular weight excluding hydrogens is 436 g/mol. The molecule has 0 spiro atoms. The Hall–Kier alpha value is -2.17. The molecule has 2 aromatic carbocycles. The van der Waals surface area contributed by atoms with Crippen LogP contribution in [-0.4, -0.2) is 50.1 Å². The van der Waals surface area contributed by atoms with E-state index < -0.39 is 33.6 Å². The number of nitrogens with zero attached hydrogens (tertiary/aromatic N) is 2. The Balaban J connectivity index is 1.86. The van der Waals surface area contributed by atoms with Crippen molar-refractivity contribution in [2.45, 2.75) is 36.9 Å². The van der Waals surface area contributed by atoms with Crippen LogP contribution >= 0.6 is 0 Å². The number of alkyl halides is 3. The predicted octanol–water partition coefficient (Wildman–Crippen LogP) is 3.84. The number of anilines is 1. The maximum absolute atomic E-state index is 13.4. The smallest absolute Gasteiger partial charge is 0.396 e. The zero-order valence-corrected chi connectivity index (χ0v) is 17.9. The molecular formula is C21H24F4N2O3S. The van der Waals surface area contributed by atoms with Crippen LogP contribution in [0, 0.1) is 5.82 Å². The Morgan fingerprint density at radius 2 is 1.87 bits per heavy atom. The van der Waals surface area contributed by atoms with Crippen LogP contribution in [0.5, 0.6) is 0 Å². The molecule has 0 bridgehead atoms. The van der Waals surface area contributed by atoms with Gasteiger partial charge in [-0.1, -0.05) is 19.1 Å². The van der Waals surface area contributed by atoms with Crippen molar-refractivity contribution in [3.63, 3.8) is 0 Å². The predicted molar refractivity (Wildman–Crippen MR) is 109 cm³/mol. The van der Waals surface area contributed by atoms with Crippen LogP contribution in [0.1, 0.15) is 30.9 Å². The zero-order chi connectivity index (χ0) is 23.0. The zero-order valence-electron chi connectivity index (χ0n) is 17.1. The molecule has 0 amide bonds. The maximum Gasteiger partial charge on any atom is 0.418 e. The number of halogens is 4. The lowest BCUT2D eigenvalue weighted by molar-refractivity contribution is -0.137. The maximum atomic E-state index is 13.4. The van der Waals surface area contributed by atoms with Gasteiger partial charge in [-0.2, -0.15) is 17.5 Å². The Labute approximate surface area is 179 Å². The van der Waals surface area contributed by atoms with E-state index in [1.165, 1.54) is 21.3 Å². The van der Waals surface area contributed by atoms with Crippen LogP contribution < -0.4 is 4.90 Å². The summed E-state index contributed by atoms with van der Waals surface area (Å²) in [6.45, 7) is 3.32. The average Bonchev–Trinajstić information content (AvgIpc) is 2.72. The highest BCUT2D eigenvalue weighted by atomic mass is 32.2. The summed E-state index contributed by atoms with van der Waals surface area (Å²) >= 11 is 0. The number of hydrogen-bond acceptors (Lipinski definition) is 4. The van der Waals surface area contributed by atoms with Crippen molar-refractivity contribution in [3.8, 4) is 0 Å². The van der Waals surface area contributed by atoms with Gasteiger partial charge in [0.05, 0.1) is 10.5 Å². The molecule has 3 rings (SSSR count). The van der Waals surface area contributed by atoms with Crippen molar-refractivity contribution >= 4 is 15.7 Å². The second-order valence-electron chi connectivity index (χ2n) is 7.73. The van der Waals surface area contributed by atoms with Gasteiger partial charge >= 0.3 is 6.18 Å². The lowest BCUT2D eigenvalue weighted by Crippen LogP contribution is -2.54. The van der Waals surface area contributed by atoms with E-state index >= 15 is 0 Å². The second kappa shape index (κ2) is 8.76. The highest BCUT2D eigenvalue weighted by Gasteiger charge is 2.39. The number of rotatable bonds is 5. The lowest BCUT2D eigenvalue weighted by atomic mass is 10.0. The van der Waals surface area contributed by atoms with E-state index in [1.807, 2.05) is 0 Å². The number of sulfonamides is 1. The molecule has 0 aliphatic carbocycles. The first kappa shape index (κ1) is 23.5. The molecule has 1 aliphatic heterocycles. The number of piperazine rings is 1. The summed E-state index contributed by atoms with van der Waals surface area (Å²) in [6, 6.07) is 8.19. The van der Waals surface area contributed by atoms with Crippen LogP contribution in [0.25, 0.3) is 0 Å². The molecule has 1 saturated heterocycles. The van der Waals surface area contributed by atoms with Crippen molar-refractivity contribution < 1.29 is 31.1 Å². The molecule has 1 fully saturated rings. The van der Waals surface area contributed by atoms with E-state index in [4.69, 9.17) is 0 Å². The van der Waals surface area contributed by atoms with E-state index in [-0.39, 0.29) is 42.7 Å².